The van der Waals surface area contributed by atoms with E-state index in [9.17, 15) is 9.18 Å². The largest absolute Gasteiger partial charge is 0.348 e. The quantitative estimate of drug-likeness (QED) is 0.540. The van der Waals surface area contributed by atoms with Crippen molar-refractivity contribution < 1.29 is 9.18 Å². The molecule has 0 saturated carbocycles. The molecule has 152 valence electrons. The second-order valence-electron chi connectivity index (χ2n) is 7.42. The minimum absolute atomic E-state index is 0.0489. The molecule has 0 spiro atoms. The third-order valence-electron chi connectivity index (χ3n) is 5.40. The minimum Gasteiger partial charge on any atom is -0.348 e. The van der Waals surface area contributed by atoms with E-state index in [1.165, 1.54) is 12.1 Å². The molecular weight excluding hydrogens is 401 g/mol. The first-order valence-electron chi connectivity index (χ1n) is 9.91. The van der Waals surface area contributed by atoms with E-state index < -0.39 is 0 Å². The lowest BCUT2D eigenvalue weighted by Gasteiger charge is -2.24. The first-order valence-corrected chi connectivity index (χ1v) is 10.7. The van der Waals surface area contributed by atoms with Crippen LogP contribution in [0.3, 0.4) is 0 Å². The number of aryl methyl sites for hydroxylation is 1. The number of carbonyl (C=O) groups is 1. The lowest BCUT2D eigenvalue weighted by atomic mass is 10.2. The second-order valence-corrected chi connectivity index (χ2v) is 8.53. The van der Waals surface area contributed by atoms with Crippen molar-refractivity contribution in [3.63, 3.8) is 0 Å². The van der Waals surface area contributed by atoms with Crippen LogP contribution in [-0.4, -0.2) is 33.4 Å². The fraction of sp³-hybridized carbons (Fsp3) is 0.273. The zero-order chi connectivity index (χ0) is 20.7. The number of hydrogen-bond acceptors (Lipinski definition) is 6. The third kappa shape index (κ3) is 3.47. The van der Waals surface area contributed by atoms with Crippen molar-refractivity contribution in [2.24, 2.45) is 0 Å². The average molecular weight is 422 g/mol. The molecular formula is C22H20FN5OS. The van der Waals surface area contributed by atoms with Crippen molar-refractivity contribution >= 4 is 44.3 Å². The Balaban J connectivity index is 1.34. The zero-order valence-electron chi connectivity index (χ0n) is 16.4. The molecule has 0 aliphatic carbocycles. The molecule has 1 unspecified atom stereocenters. The summed E-state index contributed by atoms with van der Waals surface area (Å²) in [5.41, 5.74) is 2.33. The zero-order valence-corrected chi connectivity index (χ0v) is 17.2. The minimum atomic E-state index is -0.323. The summed E-state index contributed by atoms with van der Waals surface area (Å²) in [7, 11) is 0. The predicted molar refractivity (Wildman–Crippen MR) is 116 cm³/mol. The molecule has 30 heavy (non-hydrogen) atoms. The molecule has 2 aromatic heterocycles. The van der Waals surface area contributed by atoms with Crippen LogP contribution in [0.2, 0.25) is 0 Å². The molecule has 1 saturated heterocycles. The molecule has 0 radical (unpaired) electrons. The van der Waals surface area contributed by atoms with Gasteiger partial charge in [-0.05, 0) is 50.1 Å². The number of halogens is 1. The smallest absolute Gasteiger partial charge is 0.243 e. The molecule has 1 amide bonds. The van der Waals surface area contributed by atoms with Crippen LogP contribution in [0.1, 0.15) is 23.5 Å². The van der Waals surface area contributed by atoms with Gasteiger partial charge in [-0.25, -0.2) is 19.3 Å². The average Bonchev–Trinajstić information content (AvgIpc) is 3.39. The van der Waals surface area contributed by atoms with Crippen LogP contribution < -0.4 is 10.2 Å². The highest BCUT2D eigenvalue weighted by atomic mass is 32.1. The fourth-order valence-electron chi connectivity index (χ4n) is 3.92. The number of aromatic nitrogens is 3. The maximum Gasteiger partial charge on any atom is 0.243 e. The summed E-state index contributed by atoms with van der Waals surface area (Å²) < 4.78 is 14.7. The summed E-state index contributed by atoms with van der Waals surface area (Å²) in [5, 5.41) is 4.60. The number of thiazole rings is 1. The SMILES string of the molecule is Cc1nc(N2CCCC2C(=O)NCc2nc3ccccc3s2)nc2ccc(F)cc12. The van der Waals surface area contributed by atoms with Gasteiger partial charge in [0.15, 0.2) is 0 Å². The van der Waals surface area contributed by atoms with Gasteiger partial charge in [-0.1, -0.05) is 12.1 Å². The van der Waals surface area contributed by atoms with E-state index in [1.54, 1.807) is 17.4 Å². The van der Waals surface area contributed by atoms with Crippen molar-refractivity contribution in [3.05, 3.63) is 59.0 Å². The number of carbonyl (C=O) groups excluding carboxylic acids is 1. The Bertz CT molecular complexity index is 1220. The van der Waals surface area contributed by atoms with E-state index in [2.05, 4.69) is 20.3 Å². The normalized spacial score (nSPS) is 16.5. The van der Waals surface area contributed by atoms with Crippen LogP contribution in [0.15, 0.2) is 42.5 Å². The van der Waals surface area contributed by atoms with Gasteiger partial charge >= 0.3 is 0 Å². The number of amides is 1. The van der Waals surface area contributed by atoms with Crippen LogP contribution in [-0.2, 0) is 11.3 Å². The summed E-state index contributed by atoms with van der Waals surface area (Å²) in [6.45, 7) is 2.95. The topological polar surface area (TPSA) is 71.0 Å². The summed E-state index contributed by atoms with van der Waals surface area (Å²) in [4.78, 5) is 28.6. The Labute approximate surface area is 176 Å². The van der Waals surface area contributed by atoms with Gasteiger partial charge < -0.3 is 10.2 Å². The van der Waals surface area contributed by atoms with Gasteiger partial charge in [0, 0.05) is 11.9 Å². The van der Waals surface area contributed by atoms with E-state index in [0.29, 0.717) is 35.6 Å². The fourth-order valence-corrected chi connectivity index (χ4v) is 4.83. The molecule has 6 nitrogen and oxygen atoms in total. The predicted octanol–water partition coefficient (Wildman–Crippen LogP) is 3.97. The molecule has 2 aromatic carbocycles. The molecule has 0 bridgehead atoms. The first-order chi connectivity index (χ1) is 14.6. The summed E-state index contributed by atoms with van der Waals surface area (Å²) in [6.07, 6.45) is 1.64. The number of hydrogen-bond donors (Lipinski definition) is 1. The molecule has 1 N–H and O–H groups in total. The number of para-hydroxylation sites is 1. The number of rotatable bonds is 4. The van der Waals surface area contributed by atoms with Crippen LogP contribution in [0.4, 0.5) is 10.3 Å². The van der Waals surface area contributed by atoms with E-state index in [1.807, 2.05) is 36.1 Å². The van der Waals surface area contributed by atoms with E-state index in [4.69, 9.17) is 0 Å². The first kappa shape index (κ1) is 18.9. The Morgan fingerprint density at radius 2 is 2.07 bits per heavy atom. The highest BCUT2D eigenvalue weighted by molar-refractivity contribution is 7.18. The maximum atomic E-state index is 13.6. The van der Waals surface area contributed by atoms with E-state index in [-0.39, 0.29) is 17.8 Å². The Kier molecular flexibility index (Phi) is 4.78. The molecule has 3 heterocycles. The van der Waals surface area contributed by atoms with E-state index >= 15 is 0 Å². The van der Waals surface area contributed by atoms with Crippen LogP contribution in [0.5, 0.6) is 0 Å². The highest BCUT2D eigenvalue weighted by Gasteiger charge is 2.32. The van der Waals surface area contributed by atoms with Crippen LogP contribution >= 0.6 is 11.3 Å². The van der Waals surface area contributed by atoms with Gasteiger partial charge in [-0.3, -0.25) is 4.79 Å². The van der Waals surface area contributed by atoms with Gasteiger partial charge in [-0.2, -0.15) is 0 Å². The molecule has 1 fully saturated rings. The Morgan fingerprint density at radius 3 is 2.93 bits per heavy atom. The molecule has 5 rings (SSSR count). The van der Waals surface area contributed by atoms with Gasteiger partial charge in [0.1, 0.15) is 16.9 Å². The summed E-state index contributed by atoms with van der Waals surface area (Å²) >= 11 is 1.59. The monoisotopic (exact) mass is 421 g/mol. The number of nitrogens with zero attached hydrogens (tertiary/aromatic N) is 4. The third-order valence-corrected chi connectivity index (χ3v) is 6.44. The molecule has 1 atom stereocenters. The number of fused-ring (bicyclic) bond motifs is 2. The van der Waals surface area contributed by atoms with Crippen molar-refractivity contribution in [3.8, 4) is 0 Å². The Morgan fingerprint density at radius 1 is 1.20 bits per heavy atom. The van der Waals surface area contributed by atoms with Crippen LogP contribution in [0, 0.1) is 12.7 Å². The van der Waals surface area contributed by atoms with E-state index in [0.717, 1.165) is 28.1 Å². The van der Waals surface area contributed by atoms with Crippen molar-refractivity contribution in [2.75, 3.05) is 11.4 Å². The lowest BCUT2D eigenvalue weighted by molar-refractivity contribution is -0.122. The van der Waals surface area contributed by atoms with Gasteiger partial charge in [-0.15, -0.1) is 11.3 Å². The maximum absolute atomic E-state index is 13.6. The molecule has 8 heteroatoms. The van der Waals surface area contributed by atoms with Crippen molar-refractivity contribution in [1.82, 2.24) is 20.3 Å². The summed E-state index contributed by atoms with van der Waals surface area (Å²) in [5.74, 6) is 0.159. The molecule has 1 aliphatic heterocycles. The van der Waals surface area contributed by atoms with Crippen molar-refractivity contribution in [2.45, 2.75) is 32.4 Å². The number of nitrogens with one attached hydrogen (secondary N) is 1. The highest BCUT2D eigenvalue weighted by Crippen LogP contribution is 2.27. The van der Waals surface area contributed by atoms with Gasteiger partial charge in [0.05, 0.1) is 28.0 Å². The second kappa shape index (κ2) is 7.60. The van der Waals surface area contributed by atoms with Crippen LogP contribution in [0.25, 0.3) is 21.1 Å². The summed E-state index contributed by atoms with van der Waals surface area (Å²) in [6, 6.07) is 12.1. The lowest BCUT2D eigenvalue weighted by Crippen LogP contribution is -2.43. The van der Waals surface area contributed by atoms with Gasteiger partial charge in [0.2, 0.25) is 11.9 Å². The molecule has 1 aliphatic rings. The standard InChI is InChI=1S/C22H20FN5OS/c1-13-15-11-14(23)8-9-16(15)27-22(25-13)28-10-4-6-18(28)21(29)24-12-20-26-17-5-2-3-7-19(17)30-20/h2-3,5,7-9,11,18H,4,6,10,12H2,1H3,(H,24,29). The number of anilines is 1. The number of benzene rings is 2. The van der Waals surface area contributed by atoms with Crippen molar-refractivity contribution in [1.29, 1.82) is 0 Å². The molecule has 4 aromatic rings. The van der Waals surface area contributed by atoms with Gasteiger partial charge in [0.25, 0.3) is 0 Å². The Hall–Kier alpha value is -3.13.